The number of carbonyl (C=O) groups is 1. The molecule has 6 rings (SSSR count). The molecule has 188 valence electrons. The molecule has 3 aliphatic heterocycles. The van der Waals surface area contributed by atoms with Crippen molar-refractivity contribution in [1.82, 2.24) is 25.4 Å². The van der Waals surface area contributed by atoms with Gasteiger partial charge in [0.1, 0.15) is 17.2 Å². The SMILES string of the molecule is CN1CCN(c2ccc(Nc3ccc4c(c3)N(c3nc5c(s3)C(=O)NC(C)(C)C5)CCO4)nn2)CC1. The van der Waals surface area contributed by atoms with Crippen molar-refractivity contribution in [3.05, 3.63) is 40.9 Å². The second kappa shape index (κ2) is 8.90. The number of thiazole rings is 1. The van der Waals surface area contributed by atoms with Crippen LogP contribution in [-0.4, -0.2) is 77.9 Å². The number of likely N-dealkylation sites (N-methyl/N-ethyl adjacent to an activating group) is 1. The van der Waals surface area contributed by atoms with Gasteiger partial charge in [0.15, 0.2) is 16.8 Å². The van der Waals surface area contributed by atoms with Crippen LogP contribution in [-0.2, 0) is 6.42 Å². The number of nitrogens with zero attached hydrogens (tertiary/aromatic N) is 6. The second-order valence-corrected chi connectivity index (χ2v) is 11.1. The molecule has 0 radical (unpaired) electrons. The molecule has 1 amide bonds. The number of fused-ring (bicyclic) bond motifs is 2. The third kappa shape index (κ3) is 4.44. The Hall–Kier alpha value is -3.44. The van der Waals surface area contributed by atoms with Crippen molar-refractivity contribution in [2.24, 2.45) is 0 Å². The van der Waals surface area contributed by atoms with E-state index in [9.17, 15) is 4.79 Å². The van der Waals surface area contributed by atoms with Gasteiger partial charge in [-0.2, -0.15) is 0 Å². The molecule has 0 aliphatic carbocycles. The summed E-state index contributed by atoms with van der Waals surface area (Å²) in [6.07, 6.45) is 0.714. The summed E-state index contributed by atoms with van der Waals surface area (Å²) in [5.41, 5.74) is 2.36. The minimum atomic E-state index is -0.295. The van der Waals surface area contributed by atoms with Gasteiger partial charge in [-0.1, -0.05) is 11.3 Å². The summed E-state index contributed by atoms with van der Waals surface area (Å²) in [4.78, 5) is 24.9. The number of hydrogen-bond donors (Lipinski definition) is 2. The average Bonchev–Trinajstić information content (AvgIpc) is 3.28. The van der Waals surface area contributed by atoms with Gasteiger partial charge in [-0.25, -0.2) is 4.98 Å². The van der Waals surface area contributed by atoms with Crippen LogP contribution in [0.15, 0.2) is 30.3 Å². The first kappa shape index (κ1) is 23.0. The minimum absolute atomic E-state index is 0.0486. The molecule has 2 aromatic heterocycles. The Morgan fingerprint density at radius 1 is 1.08 bits per heavy atom. The molecule has 0 saturated carbocycles. The molecule has 1 saturated heterocycles. The molecule has 1 aromatic carbocycles. The van der Waals surface area contributed by atoms with Crippen LogP contribution >= 0.6 is 11.3 Å². The smallest absolute Gasteiger partial charge is 0.263 e. The van der Waals surface area contributed by atoms with Gasteiger partial charge in [-0.15, -0.1) is 10.2 Å². The molecule has 0 unspecified atom stereocenters. The number of benzene rings is 1. The van der Waals surface area contributed by atoms with Gasteiger partial charge in [-0.3, -0.25) is 4.79 Å². The van der Waals surface area contributed by atoms with Crippen molar-refractivity contribution in [3.63, 3.8) is 0 Å². The van der Waals surface area contributed by atoms with E-state index in [-0.39, 0.29) is 11.4 Å². The summed E-state index contributed by atoms with van der Waals surface area (Å²) in [5, 5.41) is 16.1. The fraction of sp³-hybridized carbons (Fsp3) is 0.440. The molecule has 5 heterocycles. The zero-order valence-electron chi connectivity index (χ0n) is 20.7. The van der Waals surface area contributed by atoms with Crippen LogP contribution in [0.3, 0.4) is 0 Å². The highest BCUT2D eigenvalue weighted by atomic mass is 32.1. The monoisotopic (exact) mass is 506 g/mol. The number of piperazine rings is 1. The first-order valence-electron chi connectivity index (χ1n) is 12.3. The van der Waals surface area contributed by atoms with Crippen molar-refractivity contribution in [2.75, 3.05) is 61.5 Å². The molecule has 0 spiro atoms. The summed E-state index contributed by atoms with van der Waals surface area (Å²) in [5.74, 6) is 2.33. The van der Waals surface area contributed by atoms with E-state index in [4.69, 9.17) is 9.72 Å². The molecule has 1 fully saturated rings. The van der Waals surface area contributed by atoms with E-state index in [0.717, 1.165) is 59.9 Å². The van der Waals surface area contributed by atoms with Crippen molar-refractivity contribution in [2.45, 2.75) is 25.8 Å². The Labute approximate surface area is 214 Å². The minimum Gasteiger partial charge on any atom is -0.490 e. The van der Waals surface area contributed by atoms with Crippen molar-refractivity contribution < 1.29 is 9.53 Å². The summed E-state index contributed by atoms with van der Waals surface area (Å²) in [6.45, 7) is 9.23. The number of anilines is 5. The number of ether oxygens (including phenoxy) is 1. The largest absolute Gasteiger partial charge is 0.490 e. The first-order chi connectivity index (χ1) is 17.3. The van der Waals surface area contributed by atoms with Gasteiger partial charge >= 0.3 is 0 Å². The van der Waals surface area contributed by atoms with Gasteiger partial charge in [-0.05, 0) is 51.2 Å². The number of amides is 1. The third-order valence-electron chi connectivity index (χ3n) is 6.76. The summed E-state index contributed by atoms with van der Waals surface area (Å²) in [7, 11) is 2.14. The quantitative estimate of drug-likeness (QED) is 0.553. The van der Waals surface area contributed by atoms with Crippen LogP contribution in [0.1, 0.15) is 29.2 Å². The van der Waals surface area contributed by atoms with Gasteiger partial charge in [0.25, 0.3) is 5.91 Å². The van der Waals surface area contributed by atoms with E-state index < -0.39 is 0 Å². The topological polar surface area (TPSA) is 98.8 Å². The predicted molar refractivity (Wildman–Crippen MR) is 141 cm³/mol. The molecular weight excluding hydrogens is 476 g/mol. The average molecular weight is 507 g/mol. The summed E-state index contributed by atoms with van der Waals surface area (Å²) in [6, 6.07) is 9.94. The molecule has 3 aliphatic rings. The lowest BCUT2D eigenvalue weighted by Crippen LogP contribution is -2.48. The maximum Gasteiger partial charge on any atom is 0.263 e. The van der Waals surface area contributed by atoms with E-state index in [1.54, 1.807) is 0 Å². The standard InChI is InChI=1S/C25H30N8O2S/c1-25(2)15-17-22(23(34)28-25)36-24(27-17)33-12-13-35-19-5-4-16(14-18(19)33)26-20-6-7-21(30-29-20)32-10-8-31(3)9-11-32/h4-7,14H,8-13,15H2,1-3H3,(H,26,29)(H,28,34). The van der Waals surface area contributed by atoms with E-state index in [0.29, 0.717) is 30.3 Å². The van der Waals surface area contributed by atoms with Crippen LogP contribution in [0, 0.1) is 0 Å². The van der Waals surface area contributed by atoms with E-state index in [1.165, 1.54) is 11.3 Å². The fourth-order valence-electron chi connectivity index (χ4n) is 4.82. The maximum absolute atomic E-state index is 12.6. The van der Waals surface area contributed by atoms with Crippen LogP contribution in [0.5, 0.6) is 5.75 Å². The van der Waals surface area contributed by atoms with Crippen LogP contribution in [0.2, 0.25) is 0 Å². The Balaban J connectivity index is 1.22. The Morgan fingerprint density at radius 3 is 2.69 bits per heavy atom. The highest BCUT2D eigenvalue weighted by Crippen LogP contribution is 2.42. The molecular formula is C25H30N8O2S. The highest BCUT2D eigenvalue weighted by molar-refractivity contribution is 7.17. The Kier molecular flexibility index (Phi) is 5.68. The number of aromatic nitrogens is 3. The molecule has 36 heavy (non-hydrogen) atoms. The zero-order valence-corrected chi connectivity index (χ0v) is 21.6. The normalized spacial score (nSPS) is 19.2. The van der Waals surface area contributed by atoms with Gasteiger partial charge < -0.3 is 30.1 Å². The number of hydrogen-bond acceptors (Lipinski definition) is 10. The highest BCUT2D eigenvalue weighted by Gasteiger charge is 2.34. The first-order valence-corrected chi connectivity index (χ1v) is 13.1. The lowest BCUT2D eigenvalue weighted by atomic mass is 9.94. The van der Waals surface area contributed by atoms with Gasteiger partial charge in [0.2, 0.25) is 0 Å². The molecule has 0 atom stereocenters. The van der Waals surface area contributed by atoms with E-state index >= 15 is 0 Å². The van der Waals surface area contributed by atoms with Crippen LogP contribution in [0.4, 0.5) is 28.1 Å². The van der Waals surface area contributed by atoms with Crippen molar-refractivity contribution >= 4 is 45.4 Å². The predicted octanol–water partition coefficient (Wildman–Crippen LogP) is 3.02. The fourth-order valence-corrected chi connectivity index (χ4v) is 5.83. The van der Waals surface area contributed by atoms with Crippen LogP contribution < -0.4 is 25.2 Å². The Morgan fingerprint density at radius 2 is 1.92 bits per heavy atom. The lowest BCUT2D eigenvalue weighted by Gasteiger charge is -2.32. The van der Waals surface area contributed by atoms with E-state index in [2.05, 4.69) is 42.6 Å². The van der Waals surface area contributed by atoms with E-state index in [1.807, 2.05) is 44.2 Å². The van der Waals surface area contributed by atoms with Crippen molar-refractivity contribution in [3.8, 4) is 5.75 Å². The second-order valence-electron chi connectivity index (χ2n) is 10.2. The third-order valence-corrected chi connectivity index (χ3v) is 7.88. The number of carbonyl (C=O) groups excluding carboxylic acids is 1. The maximum atomic E-state index is 12.6. The summed E-state index contributed by atoms with van der Waals surface area (Å²) >= 11 is 1.44. The molecule has 3 aromatic rings. The molecule has 10 nitrogen and oxygen atoms in total. The number of rotatable bonds is 4. The Bertz CT molecular complexity index is 1280. The lowest BCUT2D eigenvalue weighted by molar-refractivity contribution is 0.0901. The summed E-state index contributed by atoms with van der Waals surface area (Å²) < 4.78 is 5.92. The zero-order chi connectivity index (χ0) is 24.9. The van der Waals surface area contributed by atoms with Gasteiger partial charge in [0.05, 0.1) is 17.9 Å². The number of nitrogens with one attached hydrogen (secondary N) is 2. The molecule has 0 bridgehead atoms. The van der Waals surface area contributed by atoms with Crippen LogP contribution in [0.25, 0.3) is 0 Å². The van der Waals surface area contributed by atoms with Gasteiger partial charge in [0, 0.05) is 43.8 Å². The van der Waals surface area contributed by atoms with Crippen molar-refractivity contribution in [1.29, 1.82) is 0 Å². The molecule has 11 heteroatoms. The molecule has 2 N–H and O–H groups in total.